The number of nitrogens with one attached hydrogen (secondary N) is 1. The van der Waals surface area contributed by atoms with Crippen molar-refractivity contribution in [2.45, 2.75) is 20.3 Å². The number of hydrogen-bond acceptors (Lipinski definition) is 4. The number of furan rings is 1. The Kier molecular flexibility index (Phi) is 2.90. The number of anilines is 1. The number of nitrogens with zero attached hydrogens (tertiary/aromatic N) is 2. The number of aromatic nitrogens is 2. The van der Waals surface area contributed by atoms with Crippen LogP contribution in [-0.2, 0) is 6.42 Å². The fraction of sp³-hybridized carbons (Fsp3) is 0.333. The first-order valence-corrected chi connectivity index (χ1v) is 5.35. The van der Waals surface area contributed by atoms with Gasteiger partial charge in [-0.05, 0) is 25.5 Å². The van der Waals surface area contributed by atoms with Gasteiger partial charge >= 0.3 is 0 Å². The van der Waals surface area contributed by atoms with Gasteiger partial charge in [0.2, 0.25) is 0 Å². The van der Waals surface area contributed by atoms with E-state index in [1.165, 1.54) is 0 Å². The van der Waals surface area contributed by atoms with E-state index in [0.717, 1.165) is 23.7 Å². The largest absolute Gasteiger partial charge is 0.458 e. The molecule has 4 heteroatoms. The molecule has 0 amide bonds. The molecule has 0 aliphatic heterocycles. The molecule has 0 unspecified atom stereocenters. The molecule has 4 nitrogen and oxygen atoms in total. The van der Waals surface area contributed by atoms with Crippen LogP contribution >= 0.6 is 0 Å². The zero-order valence-electron chi connectivity index (χ0n) is 9.74. The van der Waals surface area contributed by atoms with Crippen molar-refractivity contribution in [1.29, 1.82) is 0 Å². The Hall–Kier alpha value is -1.84. The van der Waals surface area contributed by atoms with Crippen molar-refractivity contribution in [2.24, 2.45) is 0 Å². The predicted molar refractivity (Wildman–Crippen MR) is 63.4 cm³/mol. The van der Waals surface area contributed by atoms with E-state index >= 15 is 0 Å². The maximum Gasteiger partial charge on any atom is 0.197 e. The van der Waals surface area contributed by atoms with Crippen LogP contribution in [0.15, 0.2) is 22.6 Å². The third kappa shape index (κ3) is 2.05. The van der Waals surface area contributed by atoms with Crippen molar-refractivity contribution < 1.29 is 4.42 Å². The van der Waals surface area contributed by atoms with Gasteiger partial charge < -0.3 is 9.73 Å². The summed E-state index contributed by atoms with van der Waals surface area (Å²) in [5, 5.41) is 3.03. The Bertz CT molecular complexity index is 469. The van der Waals surface area contributed by atoms with Crippen molar-refractivity contribution >= 4 is 5.82 Å². The van der Waals surface area contributed by atoms with Crippen molar-refractivity contribution in [3.05, 3.63) is 29.7 Å². The molecular weight excluding hydrogens is 202 g/mol. The third-order valence-electron chi connectivity index (χ3n) is 2.36. The second kappa shape index (κ2) is 4.35. The van der Waals surface area contributed by atoms with Crippen LogP contribution in [0.5, 0.6) is 0 Å². The lowest BCUT2D eigenvalue weighted by Gasteiger charge is -2.04. The zero-order chi connectivity index (χ0) is 11.5. The number of hydrogen-bond donors (Lipinski definition) is 1. The second-order valence-electron chi connectivity index (χ2n) is 3.58. The van der Waals surface area contributed by atoms with E-state index in [1.807, 2.05) is 32.2 Å². The molecule has 0 atom stereocenters. The van der Waals surface area contributed by atoms with Crippen LogP contribution in [0.3, 0.4) is 0 Å². The minimum absolute atomic E-state index is 0.636. The van der Waals surface area contributed by atoms with Gasteiger partial charge in [-0.25, -0.2) is 9.97 Å². The molecule has 0 aliphatic carbocycles. The molecule has 1 N–H and O–H groups in total. The molecule has 2 aromatic rings. The van der Waals surface area contributed by atoms with Gasteiger partial charge in [0.25, 0.3) is 0 Å². The van der Waals surface area contributed by atoms with Crippen LogP contribution in [0.25, 0.3) is 11.6 Å². The van der Waals surface area contributed by atoms with Gasteiger partial charge in [0.05, 0.1) is 0 Å². The summed E-state index contributed by atoms with van der Waals surface area (Å²) in [6, 6.07) is 5.75. The molecule has 2 heterocycles. The highest BCUT2D eigenvalue weighted by molar-refractivity contribution is 5.51. The zero-order valence-corrected chi connectivity index (χ0v) is 9.74. The average molecular weight is 217 g/mol. The van der Waals surface area contributed by atoms with E-state index in [4.69, 9.17) is 4.42 Å². The monoisotopic (exact) mass is 217 g/mol. The van der Waals surface area contributed by atoms with Gasteiger partial charge in [-0.2, -0.15) is 0 Å². The van der Waals surface area contributed by atoms with Crippen LogP contribution < -0.4 is 5.32 Å². The molecule has 0 saturated carbocycles. The van der Waals surface area contributed by atoms with Crippen molar-refractivity contribution in [3.8, 4) is 11.6 Å². The maximum atomic E-state index is 5.52. The molecule has 0 fully saturated rings. The first-order chi connectivity index (χ1) is 7.72. The van der Waals surface area contributed by atoms with Gasteiger partial charge in [-0.3, -0.25) is 0 Å². The topological polar surface area (TPSA) is 51.0 Å². The molecule has 0 spiro atoms. The van der Waals surface area contributed by atoms with Gasteiger partial charge in [0.15, 0.2) is 11.6 Å². The van der Waals surface area contributed by atoms with E-state index in [2.05, 4.69) is 22.2 Å². The first kappa shape index (κ1) is 10.7. The Morgan fingerprint density at radius 2 is 2.12 bits per heavy atom. The van der Waals surface area contributed by atoms with Crippen LogP contribution in [0, 0.1) is 6.92 Å². The number of rotatable bonds is 3. The summed E-state index contributed by atoms with van der Waals surface area (Å²) in [6.07, 6.45) is 0.879. The Morgan fingerprint density at radius 3 is 2.69 bits per heavy atom. The molecule has 0 radical (unpaired) electrons. The third-order valence-corrected chi connectivity index (χ3v) is 2.36. The fourth-order valence-electron chi connectivity index (χ4n) is 1.47. The lowest BCUT2D eigenvalue weighted by atomic mass is 10.3. The van der Waals surface area contributed by atoms with Crippen LogP contribution in [0.2, 0.25) is 0 Å². The highest BCUT2D eigenvalue weighted by Crippen LogP contribution is 2.20. The number of aryl methyl sites for hydroxylation is 2. The standard InChI is InChI=1S/C12H15N3O/c1-4-9-7-11(13-3)15-12(14-9)10-6-5-8(2)16-10/h5-7H,4H2,1-3H3,(H,13,14,15). The van der Waals surface area contributed by atoms with Gasteiger partial charge in [-0.15, -0.1) is 0 Å². The van der Waals surface area contributed by atoms with Crippen molar-refractivity contribution in [1.82, 2.24) is 9.97 Å². The normalized spacial score (nSPS) is 10.4. The lowest BCUT2D eigenvalue weighted by molar-refractivity contribution is 0.544. The molecule has 0 aromatic carbocycles. The first-order valence-electron chi connectivity index (χ1n) is 5.35. The van der Waals surface area contributed by atoms with E-state index in [9.17, 15) is 0 Å². The smallest absolute Gasteiger partial charge is 0.197 e. The quantitative estimate of drug-likeness (QED) is 0.858. The fourth-order valence-corrected chi connectivity index (χ4v) is 1.47. The Morgan fingerprint density at radius 1 is 1.31 bits per heavy atom. The van der Waals surface area contributed by atoms with Crippen LogP contribution in [-0.4, -0.2) is 17.0 Å². The molecule has 0 bridgehead atoms. The molecule has 0 aliphatic rings. The summed E-state index contributed by atoms with van der Waals surface area (Å²) in [7, 11) is 1.85. The van der Waals surface area contributed by atoms with Crippen molar-refractivity contribution in [3.63, 3.8) is 0 Å². The van der Waals surface area contributed by atoms with Crippen LogP contribution in [0.4, 0.5) is 5.82 Å². The minimum Gasteiger partial charge on any atom is -0.458 e. The summed E-state index contributed by atoms with van der Waals surface area (Å²) in [6.45, 7) is 3.98. The predicted octanol–water partition coefficient (Wildman–Crippen LogP) is 2.65. The Labute approximate surface area is 94.7 Å². The molecule has 16 heavy (non-hydrogen) atoms. The Balaban J connectivity index is 2.47. The van der Waals surface area contributed by atoms with Gasteiger partial charge in [0.1, 0.15) is 11.6 Å². The SMILES string of the molecule is CCc1cc(NC)nc(-c2ccc(C)o2)n1. The molecule has 2 aromatic heterocycles. The molecule has 2 rings (SSSR count). The highest BCUT2D eigenvalue weighted by atomic mass is 16.3. The lowest BCUT2D eigenvalue weighted by Crippen LogP contribution is -1.99. The summed E-state index contributed by atoms with van der Waals surface area (Å²) in [5.74, 6) is 3.03. The maximum absolute atomic E-state index is 5.52. The second-order valence-corrected chi connectivity index (χ2v) is 3.58. The molecule has 0 saturated heterocycles. The van der Waals surface area contributed by atoms with Gasteiger partial charge in [0, 0.05) is 18.8 Å². The summed E-state index contributed by atoms with van der Waals surface area (Å²) in [5.41, 5.74) is 1.00. The summed E-state index contributed by atoms with van der Waals surface area (Å²) >= 11 is 0. The van der Waals surface area contributed by atoms with Gasteiger partial charge in [-0.1, -0.05) is 6.92 Å². The van der Waals surface area contributed by atoms with E-state index in [1.54, 1.807) is 0 Å². The van der Waals surface area contributed by atoms with E-state index in [0.29, 0.717) is 11.6 Å². The highest BCUT2D eigenvalue weighted by Gasteiger charge is 2.08. The minimum atomic E-state index is 0.636. The summed E-state index contributed by atoms with van der Waals surface area (Å²) < 4.78 is 5.52. The average Bonchev–Trinajstić information content (AvgIpc) is 2.75. The van der Waals surface area contributed by atoms with E-state index in [-0.39, 0.29) is 0 Å². The molecule has 84 valence electrons. The van der Waals surface area contributed by atoms with E-state index < -0.39 is 0 Å². The van der Waals surface area contributed by atoms with Crippen molar-refractivity contribution in [2.75, 3.05) is 12.4 Å². The van der Waals surface area contributed by atoms with Crippen LogP contribution in [0.1, 0.15) is 18.4 Å². The molecular formula is C12H15N3O. The summed E-state index contributed by atoms with van der Waals surface area (Å²) in [4.78, 5) is 8.81.